The maximum absolute atomic E-state index is 12.5. The van der Waals surface area contributed by atoms with Crippen molar-refractivity contribution in [3.8, 4) is 6.07 Å². The normalized spacial score (nSPS) is 20.3. The Bertz CT molecular complexity index is 731. The van der Waals surface area contributed by atoms with Gasteiger partial charge in [0.25, 0.3) is 5.91 Å². The first kappa shape index (κ1) is 20.4. The first-order chi connectivity index (χ1) is 12.8. The molecule has 0 saturated carbocycles. The van der Waals surface area contributed by atoms with Gasteiger partial charge < -0.3 is 19.7 Å². The maximum Gasteiger partial charge on any atom is 0.338 e. The van der Waals surface area contributed by atoms with Gasteiger partial charge in [0, 0.05) is 18.8 Å². The lowest BCUT2D eigenvalue weighted by Gasteiger charge is -2.36. The first-order valence-corrected chi connectivity index (χ1v) is 8.72. The maximum atomic E-state index is 12.5. The molecule has 1 aromatic carbocycles. The van der Waals surface area contributed by atoms with Gasteiger partial charge in [-0.1, -0.05) is 0 Å². The van der Waals surface area contributed by atoms with E-state index >= 15 is 0 Å². The van der Waals surface area contributed by atoms with Crippen LogP contribution in [-0.2, 0) is 19.1 Å². The molecule has 1 N–H and O–H groups in total. The number of morpholine rings is 1. The number of benzene rings is 1. The SMILES string of the molecule is CC1CN(C(=O)C(C)OC(=O)c2ccc(NC(=O)CC#N)cc2)CC(C)O1. The van der Waals surface area contributed by atoms with Gasteiger partial charge in [-0.15, -0.1) is 0 Å². The number of anilines is 1. The average Bonchev–Trinajstić information content (AvgIpc) is 2.60. The fourth-order valence-electron chi connectivity index (χ4n) is 2.86. The highest BCUT2D eigenvalue weighted by molar-refractivity contribution is 5.94. The molecule has 0 spiro atoms. The number of carbonyl (C=O) groups excluding carboxylic acids is 3. The van der Waals surface area contributed by atoms with Crippen molar-refractivity contribution < 1.29 is 23.9 Å². The van der Waals surface area contributed by atoms with Crippen LogP contribution in [0.1, 0.15) is 37.6 Å². The van der Waals surface area contributed by atoms with Gasteiger partial charge in [0.1, 0.15) is 6.42 Å². The van der Waals surface area contributed by atoms with Crippen molar-refractivity contribution in [2.75, 3.05) is 18.4 Å². The summed E-state index contributed by atoms with van der Waals surface area (Å²) in [6, 6.07) is 7.79. The quantitative estimate of drug-likeness (QED) is 0.787. The van der Waals surface area contributed by atoms with Gasteiger partial charge in [0.2, 0.25) is 5.91 Å². The number of nitrogens with one attached hydrogen (secondary N) is 1. The van der Waals surface area contributed by atoms with Crippen LogP contribution < -0.4 is 5.32 Å². The number of carbonyl (C=O) groups is 3. The molecule has 8 nitrogen and oxygen atoms in total. The third kappa shape index (κ3) is 5.79. The van der Waals surface area contributed by atoms with Gasteiger partial charge >= 0.3 is 5.97 Å². The third-order valence-electron chi connectivity index (χ3n) is 4.01. The molecule has 0 radical (unpaired) electrons. The second kappa shape index (κ2) is 9.14. The minimum atomic E-state index is -0.912. The molecule has 1 aliphatic rings. The van der Waals surface area contributed by atoms with Crippen molar-refractivity contribution in [2.24, 2.45) is 0 Å². The van der Waals surface area contributed by atoms with E-state index in [0.29, 0.717) is 18.8 Å². The zero-order valence-corrected chi connectivity index (χ0v) is 15.6. The summed E-state index contributed by atoms with van der Waals surface area (Å²) < 4.78 is 10.9. The predicted molar refractivity (Wildman–Crippen MR) is 96.8 cm³/mol. The molecule has 27 heavy (non-hydrogen) atoms. The van der Waals surface area contributed by atoms with E-state index in [1.54, 1.807) is 17.9 Å². The van der Waals surface area contributed by atoms with Gasteiger partial charge in [0.05, 0.1) is 23.8 Å². The molecular formula is C19H23N3O5. The third-order valence-corrected chi connectivity index (χ3v) is 4.01. The number of amides is 2. The Hall–Kier alpha value is -2.92. The van der Waals surface area contributed by atoms with Crippen molar-refractivity contribution in [3.63, 3.8) is 0 Å². The highest BCUT2D eigenvalue weighted by Gasteiger charge is 2.30. The number of esters is 1. The largest absolute Gasteiger partial charge is 0.449 e. The molecule has 0 bridgehead atoms. The summed E-state index contributed by atoms with van der Waals surface area (Å²) in [5, 5.41) is 11.0. The molecule has 3 unspecified atom stereocenters. The van der Waals surface area contributed by atoms with Crippen molar-refractivity contribution >= 4 is 23.5 Å². The Kier molecular flexibility index (Phi) is 6.91. The average molecular weight is 373 g/mol. The Morgan fingerprint density at radius 2 is 1.85 bits per heavy atom. The standard InChI is InChI=1S/C19H23N3O5/c1-12-10-22(11-13(2)26-12)18(24)14(3)27-19(25)15-4-6-16(7-5-15)21-17(23)8-9-20/h4-7,12-14H,8,10-11H2,1-3H3,(H,21,23). The van der Waals surface area contributed by atoms with E-state index in [1.807, 2.05) is 13.8 Å². The van der Waals surface area contributed by atoms with Crippen LogP contribution in [0.2, 0.25) is 0 Å². The molecule has 0 aliphatic carbocycles. The predicted octanol–water partition coefficient (Wildman–Crippen LogP) is 1.72. The van der Waals surface area contributed by atoms with E-state index in [1.165, 1.54) is 24.3 Å². The Morgan fingerprint density at radius 3 is 2.41 bits per heavy atom. The smallest absolute Gasteiger partial charge is 0.338 e. The molecule has 2 amide bonds. The molecule has 8 heteroatoms. The van der Waals surface area contributed by atoms with E-state index < -0.39 is 18.0 Å². The molecule has 0 aromatic heterocycles. The van der Waals surface area contributed by atoms with Crippen molar-refractivity contribution in [1.82, 2.24) is 4.90 Å². The molecule has 1 saturated heterocycles. The van der Waals surface area contributed by atoms with Crippen LogP contribution in [0.4, 0.5) is 5.69 Å². The zero-order chi connectivity index (χ0) is 20.0. The molecule has 3 atom stereocenters. The van der Waals surface area contributed by atoms with Crippen LogP contribution in [0, 0.1) is 11.3 Å². The summed E-state index contributed by atoms with van der Waals surface area (Å²) in [6.07, 6.45) is -1.29. The number of hydrogen-bond acceptors (Lipinski definition) is 6. The number of ether oxygens (including phenoxy) is 2. The minimum Gasteiger partial charge on any atom is -0.449 e. The molecule has 1 fully saturated rings. The van der Waals surface area contributed by atoms with E-state index in [0.717, 1.165) is 0 Å². The summed E-state index contributed by atoms with van der Waals surface area (Å²) in [7, 11) is 0. The molecule has 1 heterocycles. The summed E-state index contributed by atoms with van der Waals surface area (Å²) in [4.78, 5) is 37.8. The lowest BCUT2D eigenvalue weighted by atomic mass is 10.2. The second-order valence-electron chi connectivity index (χ2n) is 6.51. The van der Waals surface area contributed by atoms with Crippen LogP contribution in [0.5, 0.6) is 0 Å². The number of rotatable bonds is 5. The zero-order valence-electron chi connectivity index (χ0n) is 15.6. The fourth-order valence-corrected chi connectivity index (χ4v) is 2.86. The van der Waals surface area contributed by atoms with Crippen LogP contribution in [0.15, 0.2) is 24.3 Å². The Balaban J connectivity index is 1.93. The lowest BCUT2D eigenvalue weighted by molar-refractivity contribution is -0.151. The van der Waals surface area contributed by atoms with Gasteiger partial charge in [0.15, 0.2) is 6.10 Å². The monoisotopic (exact) mass is 373 g/mol. The second-order valence-corrected chi connectivity index (χ2v) is 6.51. The molecule has 1 aliphatic heterocycles. The van der Waals surface area contributed by atoms with E-state index in [4.69, 9.17) is 14.7 Å². The van der Waals surface area contributed by atoms with E-state index in [2.05, 4.69) is 5.32 Å². The number of nitriles is 1. The summed E-state index contributed by atoms with van der Waals surface area (Å²) in [6.45, 7) is 6.25. The highest BCUT2D eigenvalue weighted by Crippen LogP contribution is 2.15. The molecule has 2 rings (SSSR count). The molecular weight excluding hydrogens is 350 g/mol. The minimum absolute atomic E-state index is 0.0654. The highest BCUT2D eigenvalue weighted by atomic mass is 16.5. The van der Waals surface area contributed by atoms with Crippen molar-refractivity contribution in [2.45, 2.75) is 45.5 Å². The first-order valence-electron chi connectivity index (χ1n) is 8.72. The van der Waals surface area contributed by atoms with Gasteiger partial charge in [-0.25, -0.2) is 4.79 Å². The lowest BCUT2D eigenvalue weighted by Crippen LogP contribution is -2.51. The molecule has 1 aromatic rings. The number of hydrogen-bond donors (Lipinski definition) is 1. The van der Waals surface area contributed by atoms with E-state index in [-0.39, 0.29) is 30.1 Å². The topological polar surface area (TPSA) is 109 Å². The van der Waals surface area contributed by atoms with Gasteiger partial charge in [-0.05, 0) is 45.0 Å². The summed E-state index contributed by atoms with van der Waals surface area (Å²) >= 11 is 0. The Labute approximate surface area is 158 Å². The number of nitrogens with zero attached hydrogens (tertiary/aromatic N) is 2. The van der Waals surface area contributed by atoms with Crippen LogP contribution >= 0.6 is 0 Å². The van der Waals surface area contributed by atoms with Gasteiger partial charge in [-0.3, -0.25) is 9.59 Å². The van der Waals surface area contributed by atoms with Crippen molar-refractivity contribution in [1.29, 1.82) is 5.26 Å². The summed E-state index contributed by atoms with van der Waals surface area (Å²) in [5.41, 5.74) is 0.726. The summed E-state index contributed by atoms with van der Waals surface area (Å²) in [5.74, 6) is -1.31. The van der Waals surface area contributed by atoms with E-state index in [9.17, 15) is 14.4 Å². The van der Waals surface area contributed by atoms with Crippen LogP contribution in [0.25, 0.3) is 0 Å². The molecule has 144 valence electrons. The van der Waals surface area contributed by atoms with Gasteiger partial charge in [-0.2, -0.15) is 5.26 Å². The van der Waals surface area contributed by atoms with Crippen molar-refractivity contribution in [3.05, 3.63) is 29.8 Å². The van der Waals surface area contributed by atoms with Crippen LogP contribution in [0.3, 0.4) is 0 Å². The Morgan fingerprint density at radius 1 is 1.26 bits per heavy atom. The fraction of sp³-hybridized carbons (Fsp3) is 0.474. The van der Waals surface area contributed by atoms with Crippen LogP contribution in [-0.4, -0.2) is 54.1 Å².